The average molecular weight is 1010 g/mol. The maximum Gasteiger partial charge on any atom is 0.472 e. The van der Waals surface area contributed by atoms with Gasteiger partial charge in [-0.15, -0.1) is 0 Å². The highest BCUT2D eigenvalue weighted by Crippen LogP contribution is 2.47. The summed E-state index contributed by atoms with van der Waals surface area (Å²) in [6.07, 6.45) is 43.1. The Bertz CT molecular complexity index is 1400. The molecule has 6 atom stereocenters. The third-order valence-electron chi connectivity index (χ3n) is 12.9. The number of carbonyl (C=O) groups excluding carboxylic acids is 2. The fourth-order valence-corrected chi connectivity index (χ4v) is 9.49. The minimum atomic E-state index is -5.13. The number of phosphoric ester groups is 1. The summed E-state index contributed by atoms with van der Waals surface area (Å²) < 4.78 is 33.7. The fraction of sp³-hybridized carbons (Fsp3) is 0.821. The van der Waals surface area contributed by atoms with Gasteiger partial charge in [-0.25, -0.2) is 4.57 Å². The second-order valence-corrected chi connectivity index (χ2v) is 20.8. The molecule has 70 heavy (non-hydrogen) atoms. The van der Waals surface area contributed by atoms with Crippen molar-refractivity contribution >= 4 is 19.8 Å². The van der Waals surface area contributed by atoms with Gasteiger partial charge in [-0.2, -0.15) is 0 Å². The van der Waals surface area contributed by atoms with E-state index in [1.54, 1.807) is 0 Å². The van der Waals surface area contributed by atoms with Crippen LogP contribution in [0.2, 0.25) is 0 Å². The summed E-state index contributed by atoms with van der Waals surface area (Å²) in [5.74, 6) is -1.12. The van der Waals surface area contributed by atoms with Crippen LogP contribution < -0.4 is 0 Å². The van der Waals surface area contributed by atoms with E-state index in [2.05, 4.69) is 62.5 Å². The van der Waals surface area contributed by atoms with Crippen LogP contribution in [0, 0.1) is 0 Å². The van der Waals surface area contributed by atoms with E-state index in [0.717, 1.165) is 70.6 Å². The van der Waals surface area contributed by atoms with Crippen molar-refractivity contribution in [1.29, 1.82) is 0 Å². The first kappa shape index (κ1) is 65.8. The number of esters is 2. The standard InChI is InChI=1S/C56H101O13P/c1-3-5-7-9-11-13-15-17-19-21-22-23-24-25-26-27-29-30-32-34-36-38-40-42-44-49(57)66-46-48(47-67-70(64,65)69-56-54(62)52(60)51(59)53(61)55(56)63)68-50(58)45-43-41-39-37-35-33-31-28-20-18-16-14-12-10-8-6-4-2/h6,8,12,14,18,20,31,33,48,51-56,59-63H,3-5,7,9-11,13,15-17,19,21-30,32,34-47H2,1-2H3,(H,64,65)/b8-6-,14-12-,20-18-,33-31-. The number of hydrogen-bond acceptors (Lipinski definition) is 12. The largest absolute Gasteiger partial charge is 0.472 e. The Labute approximate surface area is 424 Å². The molecule has 1 saturated carbocycles. The smallest absolute Gasteiger partial charge is 0.462 e. The molecule has 0 heterocycles. The molecule has 0 aromatic heterocycles. The maximum absolute atomic E-state index is 12.9. The van der Waals surface area contributed by atoms with Gasteiger partial charge >= 0.3 is 19.8 Å². The molecule has 1 aliphatic carbocycles. The van der Waals surface area contributed by atoms with Gasteiger partial charge in [0, 0.05) is 12.8 Å². The Balaban J connectivity index is 2.33. The van der Waals surface area contributed by atoms with E-state index in [1.165, 1.54) is 128 Å². The second-order valence-electron chi connectivity index (χ2n) is 19.4. The summed E-state index contributed by atoms with van der Waals surface area (Å²) in [4.78, 5) is 35.9. The third-order valence-corrected chi connectivity index (χ3v) is 13.9. The van der Waals surface area contributed by atoms with Crippen molar-refractivity contribution in [3.05, 3.63) is 48.6 Å². The average Bonchev–Trinajstić information content (AvgIpc) is 3.34. The van der Waals surface area contributed by atoms with E-state index in [9.17, 15) is 44.6 Å². The van der Waals surface area contributed by atoms with Crippen molar-refractivity contribution in [3.63, 3.8) is 0 Å². The van der Waals surface area contributed by atoms with E-state index >= 15 is 0 Å². The lowest BCUT2D eigenvalue weighted by atomic mass is 9.85. The van der Waals surface area contributed by atoms with Crippen molar-refractivity contribution in [3.8, 4) is 0 Å². The van der Waals surface area contributed by atoms with Crippen LogP contribution in [0.1, 0.15) is 239 Å². The first-order valence-electron chi connectivity index (χ1n) is 27.9. The molecule has 0 aromatic rings. The first-order chi connectivity index (χ1) is 33.9. The number of aliphatic hydroxyl groups excluding tert-OH is 5. The molecule has 6 N–H and O–H groups in total. The van der Waals surface area contributed by atoms with Crippen molar-refractivity contribution < 1.29 is 63.1 Å². The molecule has 0 bridgehead atoms. The van der Waals surface area contributed by atoms with Gasteiger partial charge in [0.25, 0.3) is 0 Å². The monoisotopic (exact) mass is 1010 g/mol. The Kier molecular flexibility index (Phi) is 42.7. The highest BCUT2D eigenvalue weighted by Gasteiger charge is 2.51. The van der Waals surface area contributed by atoms with Crippen LogP contribution in [0.25, 0.3) is 0 Å². The van der Waals surface area contributed by atoms with Gasteiger partial charge in [0.2, 0.25) is 0 Å². The lowest BCUT2D eigenvalue weighted by Crippen LogP contribution is -2.64. The zero-order valence-corrected chi connectivity index (χ0v) is 44.7. The number of ether oxygens (including phenoxy) is 2. The number of carbonyl (C=O) groups is 2. The SMILES string of the molecule is CC/C=C\C/C=C\C/C=C\C/C=C\CCCCCCC(=O)OC(COC(=O)CCCCCCCCCCCCCCCCCCCCCCCCCC)COP(=O)(O)OC1C(O)C(O)C(O)C(O)C1O. The minimum Gasteiger partial charge on any atom is -0.462 e. The topological polar surface area (TPSA) is 210 Å². The van der Waals surface area contributed by atoms with Crippen molar-refractivity contribution in [2.24, 2.45) is 0 Å². The summed E-state index contributed by atoms with van der Waals surface area (Å²) >= 11 is 0. The van der Waals surface area contributed by atoms with Gasteiger partial charge in [-0.05, 0) is 51.4 Å². The molecule has 0 aliphatic heterocycles. The number of unbranched alkanes of at least 4 members (excludes halogenated alkanes) is 27. The molecule has 0 aromatic carbocycles. The number of phosphoric acid groups is 1. The zero-order valence-electron chi connectivity index (χ0n) is 43.8. The van der Waals surface area contributed by atoms with Crippen molar-refractivity contribution in [1.82, 2.24) is 0 Å². The Hall–Kier alpha value is -2.19. The van der Waals surface area contributed by atoms with Gasteiger partial charge in [0.15, 0.2) is 6.10 Å². The molecule has 6 unspecified atom stereocenters. The minimum absolute atomic E-state index is 0.0692. The van der Waals surface area contributed by atoms with Crippen LogP contribution in [-0.2, 0) is 32.7 Å². The van der Waals surface area contributed by atoms with E-state index < -0.39 is 75.7 Å². The molecule has 1 rings (SSSR count). The Morgan fingerprint density at radius 1 is 0.457 bits per heavy atom. The molecule has 0 saturated heterocycles. The molecule has 0 radical (unpaired) electrons. The molecular formula is C56H101O13P. The maximum atomic E-state index is 12.9. The quantitative estimate of drug-likeness (QED) is 0.0145. The summed E-state index contributed by atoms with van der Waals surface area (Å²) in [5, 5.41) is 50.3. The van der Waals surface area contributed by atoms with Crippen LogP contribution in [0.4, 0.5) is 0 Å². The van der Waals surface area contributed by atoms with Crippen LogP contribution in [-0.4, -0.2) is 98.3 Å². The molecule has 408 valence electrons. The molecular weight excluding hydrogens is 912 g/mol. The van der Waals surface area contributed by atoms with Gasteiger partial charge in [0.1, 0.15) is 43.2 Å². The Morgan fingerprint density at radius 3 is 1.24 bits per heavy atom. The molecule has 1 aliphatic rings. The normalized spacial score (nSPS) is 21.1. The van der Waals surface area contributed by atoms with Gasteiger partial charge < -0.3 is 39.9 Å². The predicted octanol–water partition coefficient (Wildman–Crippen LogP) is 12.7. The van der Waals surface area contributed by atoms with E-state index in [-0.39, 0.29) is 12.8 Å². The molecule has 0 amide bonds. The molecule has 13 nitrogen and oxygen atoms in total. The molecule has 14 heteroatoms. The van der Waals surface area contributed by atoms with Gasteiger partial charge in [-0.3, -0.25) is 18.6 Å². The van der Waals surface area contributed by atoms with Gasteiger partial charge in [0.05, 0.1) is 6.61 Å². The number of allylic oxidation sites excluding steroid dienone is 8. The van der Waals surface area contributed by atoms with Crippen LogP contribution in [0.15, 0.2) is 48.6 Å². The van der Waals surface area contributed by atoms with Crippen molar-refractivity contribution in [2.45, 2.75) is 281 Å². The highest BCUT2D eigenvalue weighted by molar-refractivity contribution is 7.47. The summed E-state index contributed by atoms with van der Waals surface area (Å²) in [6, 6.07) is 0. The van der Waals surface area contributed by atoms with E-state index in [0.29, 0.717) is 12.8 Å². The second kappa shape index (κ2) is 45.4. The lowest BCUT2D eigenvalue weighted by Gasteiger charge is -2.41. The predicted molar refractivity (Wildman–Crippen MR) is 281 cm³/mol. The van der Waals surface area contributed by atoms with Gasteiger partial charge in [-0.1, -0.05) is 223 Å². The Morgan fingerprint density at radius 2 is 0.814 bits per heavy atom. The van der Waals surface area contributed by atoms with E-state index in [1.807, 2.05) is 0 Å². The highest BCUT2D eigenvalue weighted by atomic mass is 31.2. The fourth-order valence-electron chi connectivity index (χ4n) is 8.52. The zero-order chi connectivity index (χ0) is 51.3. The van der Waals surface area contributed by atoms with Crippen LogP contribution in [0.5, 0.6) is 0 Å². The van der Waals surface area contributed by atoms with Crippen LogP contribution >= 0.6 is 7.82 Å². The van der Waals surface area contributed by atoms with Crippen molar-refractivity contribution in [2.75, 3.05) is 13.2 Å². The number of hydrogen-bond donors (Lipinski definition) is 6. The third kappa shape index (κ3) is 36.7. The summed E-state index contributed by atoms with van der Waals surface area (Å²) in [7, 11) is -5.13. The number of aliphatic hydroxyl groups is 5. The summed E-state index contributed by atoms with van der Waals surface area (Å²) in [5.41, 5.74) is 0. The molecule has 0 spiro atoms. The lowest BCUT2D eigenvalue weighted by molar-refractivity contribution is -0.220. The molecule has 1 fully saturated rings. The summed E-state index contributed by atoms with van der Waals surface area (Å²) in [6.45, 7) is 3.21. The van der Waals surface area contributed by atoms with E-state index in [4.69, 9.17) is 18.5 Å². The van der Waals surface area contributed by atoms with Crippen LogP contribution in [0.3, 0.4) is 0 Å². The number of rotatable bonds is 47. The first-order valence-corrected chi connectivity index (χ1v) is 29.4.